The zero-order valence-electron chi connectivity index (χ0n) is 8.35. The molecule has 0 aliphatic heterocycles. The minimum absolute atomic E-state index is 0.0862. The summed E-state index contributed by atoms with van der Waals surface area (Å²) in [7, 11) is 0. The Morgan fingerprint density at radius 3 is 2.17 bits per heavy atom. The first-order valence-corrected chi connectivity index (χ1v) is 4.56. The molecule has 0 aromatic rings. The number of aliphatic hydroxyl groups is 1. The van der Waals surface area contributed by atoms with E-state index in [4.69, 9.17) is 0 Å². The van der Waals surface area contributed by atoms with Crippen LogP contribution in [0.3, 0.4) is 0 Å². The van der Waals surface area contributed by atoms with Gasteiger partial charge in [-0.15, -0.1) is 0 Å². The summed E-state index contributed by atoms with van der Waals surface area (Å²) in [4.78, 5) is 11.3. The molecule has 1 aliphatic carbocycles. The maximum atomic E-state index is 11.3. The molecule has 0 aromatic carbocycles. The van der Waals surface area contributed by atoms with Crippen LogP contribution >= 0.6 is 0 Å². The SMILES string of the molecule is CC(=O)[C@]1(O)CC[C@@H](C)C1(C)C. The van der Waals surface area contributed by atoms with E-state index in [-0.39, 0.29) is 11.2 Å². The van der Waals surface area contributed by atoms with Crippen molar-refractivity contribution in [3.63, 3.8) is 0 Å². The number of rotatable bonds is 1. The van der Waals surface area contributed by atoms with Gasteiger partial charge in [-0.2, -0.15) is 0 Å². The molecule has 2 atom stereocenters. The van der Waals surface area contributed by atoms with Gasteiger partial charge < -0.3 is 5.11 Å². The molecule has 1 saturated carbocycles. The Kier molecular flexibility index (Phi) is 2.07. The van der Waals surface area contributed by atoms with Crippen LogP contribution in [-0.2, 0) is 4.79 Å². The Morgan fingerprint density at radius 2 is 2.00 bits per heavy atom. The van der Waals surface area contributed by atoms with Crippen molar-refractivity contribution in [2.45, 2.75) is 46.1 Å². The average molecular weight is 170 g/mol. The number of carbonyl (C=O) groups excluding carboxylic acids is 1. The van der Waals surface area contributed by atoms with Crippen molar-refractivity contribution >= 4 is 5.78 Å². The lowest BCUT2D eigenvalue weighted by Gasteiger charge is -2.37. The molecule has 1 aliphatic rings. The first kappa shape index (κ1) is 9.72. The Hall–Kier alpha value is -0.370. The molecule has 0 heterocycles. The second-order valence-electron chi connectivity index (χ2n) is 4.58. The number of Topliss-reactive ketones (excluding diaryl/α,β-unsaturated/α-hetero) is 1. The normalized spacial score (nSPS) is 39.9. The van der Waals surface area contributed by atoms with Gasteiger partial charge in [0.1, 0.15) is 5.60 Å². The van der Waals surface area contributed by atoms with Crippen LogP contribution in [0.1, 0.15) is 40.5 Å². The van der Waals surface area contributed by atoms with Crippen molar-refractivity contribution in [3.8, 4) is 0 Å². The predicted octanol–water partition coefficient (Wildman–Crippen LogP) is 1.76. The minimum Gasteiger partial charge on any atom is -0.382 e. The quantitative estimate of drug-likeness (QED) is 0.651. The van der Waals surface area contributed by atoms with Crippen LogP contribution in [0, 0.1) is 11.3 Å². The van der Waals surface area contributed by atoms with Crippen LogP contribution in [0.15, 0.2) is 0 Å². The fraction of sp³-hybridized carbons (Fsp3) is 0.900. The van der Waals surface area contributed by atoms with Gasteiger partial charge in [0.05, 0.1) is 0 Å². The van der Waals surface area contributed by atoms with Crippen molar-refractivity contribution in [2.75, 3.05) is 0 Å². The third-order valence-corrected chi connectivity index (χ3v) is 3.82. The maximum Gasteiger partial charge on any atom is 0.161 e. The van der Waals surface area contributed by atoms with Gasteiger partial charge in [-0.1, -0.05) is 20.8 Å². The Labute approximate surface area is 74.0 Å². The van der Waals surface area contributed by atoms with Gasteiger partial charge in [-0.25, -0.2) is 0 Å². The van der Waals surface area contributed by atoms with Crippen LogP contribution in [0.2, 0.25) is 0 Å². The van der Waals surface area contributed by atoms with Gasteiger partial charge in [0.15, 0.2) is 5.78 Å². The third-order valence-electron chi connectivity index (χ3n) is 3.82. The summed E-state index contributed by atoms with van der Waals surface area (Å²) in [5, 5.41) is 10.1. The van der Waals surface area contributed by atoms with Gasteiger partial charge in [0.2, 0.25) is 0 Å². The average Bonchev–Trinajstić information content (AvgIpc) is 2.15. The molecule has 12 heavy (non-hydrogen) atoms. The molecule has 0 aromatic heterocycles. The highest BCUT2D eigenvalue weighted by Gasteiger charge is 2.54. The standard InChI is InChI=1S/C10H18O2/c1-7-5-6-10(12,8(2)11)9(7,3)4/h7,12H,5-6H2,1-4H3/t7-,10-/m1/s1. The molecule has 0 bridgehead atoms. The fourth-order valence-electron chi connectivity index (χ4n) is 2.15. The molecule has 1 fully saturated rings. The fourth-order valence-corrected chi connectivity index (χ4v) is 2.15. The van der Waals surface area contributed by atoms with Crippen LogP contribution in [0.25, 0.3) is 0 Å². The van der Waals surface area contributed by atoms with E-state index >= 15 is 0 Å². The molecule has 0 unspecified atom stereocenters. The molecule has 0 saturated heterocycles. The highest BCUT2D eigenvalue weighted by atomic mass is 16.3. The highest BCUT2D eigenvalue weighted by Crippen LogP contribution is 2.50. The summed E-state index contributed by atoms with van der Waals surface area (Å²) in [6.45, 7) is 7.54. The highest BCUT2D eigenvalue weighted by molar-refractivity contribution is 5.86. The topological polar surface area (TPSA) is 37.3 Å². The maximum absolute atomic E-state index is 11.3. The van der Waals surface area contributed by atoms with Crippen molar-refractivity contribution in [2.24, 2.45) is 11.3 Å². The van der Waals surface area contributed by atoms with Crippen LogP contribution in [0.5, 0.6) is 0 Å². The van der Waals surface area contributed by atoms with Crippen molar-refractivity contribution in [1.29, 1.82) is 0 Å². The monoisotopic (exact) mass is 170 g/mol. The third kappa shape index (κ3) is 1.01. The zero-order valence-corrected chi connectivity index (χ0v) is 8.35. The Bertz CT molecular complexity index is 208. The molecule has 2 nitrogen and oxygen atoms in total. The number of hydrogen-bond acceptors (Lipinski definition) is 2. The van der Waals surface area contributed by atoms with E-state index in [2.05, 4.69) is 6.92 Å². The molecule has 1 N–H and O–H groups in total. The van der Waals surface area contributed by atoms with E-state index in [1.54, 1.807) is 0 Å². The number of hydrogen-bond donors (Lipinski definition) is 1. The molecule has 0 spiro atoms. The zero-order chi connectivity index (χ0) is 9.57. The van der Waals surface area contributed by atoms with Crippen molar-refractivity contribution in [1.82, 2.24) is 0 Å². The molecule has 0 radical (unpaired) electrons. The van der Waals surface area contributed by atoms with Gasteiger partial charge >= 0.3 is 0 Å². The van der Waals surface area contributed by atoms with E-state index in [1.165, 1.54) is 6.92 Å². The summed E-state index contributed by atoms with van der Waals surface area (Å²) in [6, 6.07) is 0. The van der Waals surface area contributed by atoms with E-state index in [9.17, 15) is 9.90 Å². The molecule has 2 heteroatoms. The lowest BCUT2D eigenvalue weighted by Crippen LogP contribution is -2.48. The first-order chi connectivity index (χ1) is 5.32. The van der Waals surface area contributed by atoms with Crippen LogP contribution < -0.4 is 0 Å². The largest absolute Gasteiger partial charge is 0.382 e. The first-order valence-electron chi connectivity index (χ1n) is 4.56. The summed E-state index contributed by atoms with van der Waals surface area (Å²) in [6.07, 6.45) is 1.57. The molecule has 0 amide bonds. The van der Waals surface area contributed by atoms with E-state index in [0.717, 1.165) is 6.42 Å². The summed E-state index contributed by atoms with van der Waals surface area (Å²) in [5.41, 5.74) is -1.34. The van der Waals surface area contributed by atoms with E-state index in [1.807, 2.05) is 13.8 Å². The molecular formula is C10H18O2. The van der Waals surface area contributed by atoms with Gasteiger partial charge in [0, 0.05) is 5.41 Å². The minimum atomic E-state index is -1.08. The second kappa shape index (κ2) is 2.56. The molecular weight excluding hydrogens is 152 g/mol. The van der Waals surface area contributed by atoms with E-state index < -0.39 is 5.60 Å². The molecule has 70 valence electrons. The Balaban J connectivity index is 3.01. The van der Waals surface area contributed by atoms with Crippen molar-refractivity contribution < 1.29 is 9.90 Å². The number of ketones is 1. The lowest BCUT2D eigenvalue weighted by atomic mass is 9.71. The van der Waals surface area contributed by atoms with E-state index in [0.29, 0.717) is 12.3 Å². The number of carbonyl (C=O) groups is 1. The summed E-state index contributed by atoms with van der Waals surface area (Å²) >= 11 is 0. The van der Waals surface area contributed by atoms with Gasteiger partial charge in [-0.05, 0) is 25.7 Å². The summed E-state index contributed by atoms with van der Waals surface area (Å²) < 4.78 is 0. The predicted molar refractivity (Wildman–Crippen MR) is 47.8 cm³/mol. The summed E-state index contributed by atoms with van der Waals surface area (Å²) in [5.74, 6) is 0.336. The van der Waals surface area contributed by atoms with Gasteiger partial charge in [-0.3, -0.25) is 4.79 Å². The Morgan fingerprint density at radius 1 is 1.50 bits per heavy atom. The van der Waals surface area contributed by atoms with Crippen LogP contribution in [-0.4, -0.2) is 16.5 Å². The second-order valence-corrected chi connectivity index (χ2v) is 4.58. The van der Waals surface area contributed by atoms with Crippen LogP contribution in [0.4, 0.5) is 0 Å². The van der Waals surface area contributed by atoms with Gasteiger partial charge in [0.25, 0.3) is 0 Å². The lowest BCUT2D eigenvalue weighted by molar-refractivity contribution is -0.146. The smallest absolute Gasteiger partial charge is 0.161 e. The van der Waals surface area contributed by atoms with Crippen molar-refractivity contribution in [3.05, 3.63) is 0 Å². The molecule has 1 rings (SSSR count).